The number of carboxylic acids is 1. The summed E-state index contributed by atoms with van der Waals surface area (Å²) in [5, 5.41) is 20.7. The molecule has 4 aromatic rings. The smallest absolute Gasteiger partial charge is 1.00 e. The minimum atomic E-state index is -1.13. The maximum atomic E-state index is 11.9. The van der Waals surface area contributed by atoms with Crippen molar-refractivity contribution in [3.05, 3.63) is 87.4 Å². The van der Waals surface area contributed by atoms with Gasteiger partial charge in [0.1, 0.15) is 17.4 Å². The summed E-state index contributed by atoms with van der Waals surface area (Å²) in [6.07, 6.45) is 0.842. The van der Waals surface area contributed by atoms with Crippen LogP contribution in [0.4, 0.5) is 0 Å². The first-order chi connectivity index (χ1) is 18.4. The van der Waals surface area contributed by atoms with Crippen LogP contribution >= 0.6 is 11.6 Å². The van der Waals surface area contributed by atoms with E-state index in [2.05, 4.69) is 47.3 Å². The molecule has 2 atom stereocenters. The zero-order chi connectivity index (χ0) is 26.8. The monoisotopic (exact) mass is 555 g/mol. The fourth-order valence-corrected chi connectivity index (χ4v) is 5.64. The van der Waals surface area contributed by atoms with Gasteiger partial charge in [0.2, 0.25) is 0 Å². The molecule has 3 aromatic carbocycles. The fraction of sp³-hybridized carbons (Fsp3) is 0.367. The van der Waals surface area contributed by atoms with Crippen molar-refractivity contribution < 1.29 is 45.6 Å². The molecule has 2 heterocycles. The van der Waals surface area contributed by atoms with E-state index in [-0.39, 0.29) is 43.5 Å². The molecule has 39 heavy (non-hydrogen) atoms. The van der Waals surface area contributed by atoms with Crippen molar-refractivity contribution >= 4 is 28.6 Å². The molecule has 200 valence electrons. The van der Waals surface area contributed by atoms with Crippen molar-refractivity contribution in [3.63, 3.8) is 0 Å². The van der Waals surface area contributed by atoms with Crippen LogP contribution < -0.4 is 39.4 Å². The van der Waals surface area contributed by atoms with Gasteiger partial charge in [-0.3, -0.25) is 4.90 Å². The molecule has 0 aliphatic carbocycles. The summed E-state index contributed by atoms with van der Waals surface area (Å²) in [4.78, 5) is 14.3. The van der Waals surface area contributed by atoms with Crippen LogP contribution in [0, 0.1) is 6.92 Å². The average molecular weight is 556 g/mol. The Morgan fingerprint density at radius 1 is 1.21 bits per heavy atom. The Balaban J connectivity index is 0.00000220. The maximum Gasteiger partial charge on any atom is 1.00 e. The van der Waals surface area contributed by atoms with Gasteiger partial charge in [-0.1, -0.05) is 66.2 Å². The molecule has 0 saturated heterocycles. The van der Waals surface area contributed by atoms with Gasteiger partial charge >= 0.3 is 29.6 Å². The molecule has 0 bridgehead atoms. The van der Waals surface area contributed by atoms with Crippen LogP contribution in [0.15, 0.2) is 54.6 Å². The summed E-state index contributed by atoms with van der Waals surface area (Å²) in [6.45, 7) is 9.22. The second kappa shape index (κ2) is 12.8. The Bertz CT molecular complexity index is 1480. The predicted molar refractivity (Wildman–Crippen MR) is 147 cm³/mol. The zero-order valence-corrected chi connectivity index (χ0v) is 25.7. The van der Waals surface area contributed by atoms with Gasteiger partial charge in [-0.15, -0.1) is 5.10 Å². The second-order valence-corrected chi connectivity index (χ2v) is 10.4. The third-order valence-electron chi connectivity index (χ3n) is 7.45. The van der Waals surface area contributed by atoms with Crippen LogP contribution in [0.5, 0.6) is 5.75 Å². The predicted octanol–water partition coefficient (Wildman–Crippen LogP) is 1.97. The number of aryl methyl sites for hydroxylation is 2. The Morgan fingerprint density at radius 3 is 2.74 bits per heavy atom. The van der Waals surface area contributed by atoms with Gasteiger partial charge in [-0.25, -0.2) is 4.68 Å². The molecule has 0 spiro atoms. The van der Waals surface area contributed by atoms with Gasteiger partial charge in [0.15, 0.2) is 0 Å². The molecular formula is C30H33ClN4NaO3-. The molecule has 5 rings (SSSR count). The van der Waals surface area contributed by atoms with Gasteiger partial charge in [0.25, 0.3) is 0 Å². The number of ether oxygens (including phenoxy) is 1. The van der Waals surface area contributed by atoms with Crippen LogP contribution in [-0.2, 0) is 24.4 Å². The number of carboxylic acid groups (broad SMARTS) is 1. The number of nitrogens with zero attached hydrogens (tertiary/aromatic N) is 4. The van der Waals surface area contributed by atoms with Crippen LogP contribution in [0.2, 0.25) is 5.02 Å². The third-order valence-corrected chi connectivity index (χ3v) is 7.85. The van der Waals surface area contributed by atoms with Gasteiger partial charge < -0.3 is 16.1 Å². The molecule has 1 aliphatic rings. The van der Waals surface area contributed by atoms with Crippen molar-refractivity contribution in [2.75, 3.05) is 6.54 Å². The molecule has 0 radical (unpaired) electrons. The van der Waals surface area contributed by atoms with Crippen LogP contribution in [0.1, 0.15) is 61.9 Å². The summed E-state index contributed by atoms with van der Waals surface area (Å²) >= 11 is 6.81. The molecule has 0 N–H and O–H groups in total. The van der Waals surface area contributed by atoms with E-state index in [0.29, 0.717) is 22.6 Å². The van der Waals surface area contributed by atoms with E-state index in [1.54, 1.807) is 4.68 Å². The second-order valence-electron chi connectivity index (χ2n) is 9.98. The molecule has 0 fully saturated rings. The Labute approximate surface area is 257 Å². The molecule has 0 saturated carbocycles. The molecule has 0 amide bonds. The van der Waals surface area contributed by atoms with Crippen molar-refractivity contribution in [2.45, 2.75) is 65.3 Å². The number of aromatic nitrogens is 3. The normalized spacial score (nSPS) is 16.2. The number of hydrogen-bond acceptors (Lipinski definition) is 6. The number of aliphatic carboxylic acids is 1. The van der Waals surface area contributed by atoms with E-state index in [1.165, 1.54) is 5.56 Å². The number of benzene rings is 3. The van der Waals surface area contributed by atoms with Crippen molar-refractivity contribution in [1.29, 1.82) is 0 Å². The number of hydrogen-bond donors (Lipinski definition) is 0. The Hall–Kier alpha value is -2.42. The average Bonchev–Trinajstić information content (AvgIpc) is 3.24. The molecule has 1 aliphatic heterocycles. The third kappa shape index (κ3) is 6.34. The summed E-state index contributed by atoms with van der Waals surface area (Å²) < 4.78 is 8.06. The first kappa shape index (κ1) is 29.6. The van der Waals surface area contributed by atoms with E-state index in [0.717, 1.165) is 54.0 Å². The number of carbonyl (C=O) groups excluding carboxylic acids is 1. The number of fused-ring (bicyclic) bond motifs is 2. The van der Waals surface area contributed by atoms with Crippen molar-refractivity contribution in [2.24, 2.45) is 0 Å². The van der Waals surface area contributed by atoms with Gasteiger partial charge in [0, 0.05) is 43.6 Å². The van der Waals surface area contributed by atoms with E-state index in [4.69, 9.17) is 16.3 Å². The minimum absolute atomic E-state index is 0. The molecule has 1 aromatic heterocycles. The summed E-state index contributed by atoms with van der Waals surface area (Å²) in [7, 11) is 0. The largest absolute Gasteiger partial charge is 1.00 e. The number of carbonyl (C=O) groups is 1. The van der Waals surface area contributed by atoms with Crippen LogP contribution in [0.25, 0.3) is 11.0 Å². The van der Waals surface area contributed by atoms with Crippen molar-refractivity contribution in [3.8, 4) is 5.75 Å². The topological polar surface area (TPSA) is 83.3 Å². The molecular weight excluding hydrogens is 523 g/mol. The Kier molecular flexibility index (Phi) is 9.73. The first-order valence-corrected chi connectivity index (χ1v) is 13.5. The van der Waals surface area contributed by atoms with E-state index >= 15 is 0 Å². The SMILES string of the molecule is CC[C@@H]1CN(Cc2cc([C@H](CC(=O)[O-])c3ccc4c(nnn4CC)c3Cl)ccc2C)Cc2ccccc2O1.[H-].[Na+]. The van der Waals surface area contributed by atoms with E-state index in [1.807, 2.05) is 43.3 Å². The van der Waals surface area contributed by atoms with Crippen molar-refractivity contribution in [1.82, 2.24) is 19.9 Å². The van der Waals surface area contributed by atoms with Gasteiger partial charge in [-0.05, 0) is 61.1 Å². The summed E-state index contributed by atoms with van der Waals surface area (Å²) in [5.74, 6) is -0.649. The number of para-hydroxylation sites is 1. The standard InChI is InChI=1S/C30H33ClN4O3.Na.H/c1-4-23-18-34(16-21-8-6-7-9-27(21)38-23)17-22-14-20(11-10-19(22)3)25(15-28(36)37)24-12-13-26-30(29(24)31)32-33-35(26)5-2;;/h6-14,23,25H,4-5,15-18H2,1-3H3,(H,36,37);;/q;+1;-1/p-1/t23-,25+;;/m1../s1. The first-order valence-electron chi connectivity index (χ1n) is 13.2. The quantitative estimate of drug-likeness (QED) is 0.309. The Morgan fingerprint density at radius 2 is 2.00 bits per heavy atom. The van der Waals surface area contributed by atoms with Gasteiger partial charge in [-0.2, -0.15) is 0 Å². The van der Waals surface area contributed by atoms with Gasteiger partial charge in [0.05, 0.1) is 10.5 Å². The fourth-order valence-electron chi connectivity index (χ4n) is 5.31. The molecule has 9 heteroatoms. The van der Waals surface area contributed by atoms with E-state index in [9.17, 15) is 9.90 Å². The summed E-state index contributed by atoms with van der Waals surface area (Å²) in [5.41, 5.74) is 6.48. The molecule has 7 nitrogen and oxygen atoms in total. The minimum Gasteiger partial charge on any atom is -1.00 e. The van der Waals surface area contributed by atoms with E-state index < -0.39 is 11.9 Å². The molecule has 0 unspecified atom stereocenters. The summed E-state index contributed by atoms with van der Waals surface area (Å²) in [6, 6.07) is 18.2. The van der Waals surface area contributed by atoms with Crippen LogP contribution in [0.3, 0.4) is 0 Å². The zero-order valence-electron chi connectivity index (χ0n) is 24.0. The number of halogens is 1. The number of rotatable bonds is 8. The maximum absolute atomic E-state index is 11.9. The van der Waals surface area contributed by atoms with Crippen LogP contribution in [-0.4, -0.2) is 38.5 Å².